The quantitative estimate of drug-likeness (QED) is 0.749. The van der Waals surface area contributed by atoms with Crippen LogP contribution < -0.4 is 4.74 Å². The lowest BCUT2D eigenvalue weighted by molar-refractivity contribution is 0.256. The Morgan fingerprint density at radius 1 is 1.33 bits per heavy atom. The molecule has 0 bridgehead atoms. The van der Waals surface area contributed by atoms with Crippen molar-refractivity contribution in [2.75, 3.05) is 12.9 Å². The molecule has 0 aliphatic rings. The third-order valence-corrected chi connectivity index (χ3v) is 3.06. The highest BCUT2D eigenvalue weighted by molar-refractivity contribution is 9.10. The molecule has 6 heteroatoms. The maximum absolute atomic E-state index is 11.0. The van der Waals surface area contributed by atoms with Crippen LogP contribution in [0.15, 0.2) is 22.7 Å². The molecule has 1 rings (SSSR count). The van der Waals surface area contributed by atoms with Gasteiger partial charge in [0.15, 0.2) is 0 Å². The summed E-state index contributed by atoms with van der Waals surface area (Å²) in [4.78, 5) is 0. The van der Waals surface area contributed by atoms with Gasteiger partial charge in [-0.2, -0.15) is 8.42 Å². The van der Waals surface area contributed by atoms with Gasteiger partial charge >= 0.3 is 0 Å². The Labute approximate surface area is 117 Å². The summed E-state index contributed by atoms with van der Waals surface area (Å²) in [6, 6.07) is 5.44. The van der Waals surface area contributed by atoms with E-state index in [4.69, 9.17) is 8.92 Å². The van der Waals surface area contributed by atoms with Crippen LogP contribution in [0.1, 0.15) is 19.4 Å². The van der Waals surface area contributed by atoms with Crippen molar-refractivity contribution in [2.24, 2.45) is 5.92 Å². The first kappa shape index (κ1) is 15.5. The fourth-order valence-electron chi connectivity index (χ4n) is 1.23. The van der Waals surface area contributed by atoms with Crippen molar-refractivity contribution < 1.29 is 17.3 Å². The Kier molecular flexibility index (Phi) is 5.62. The Balaban J connectivity index is 2.83. The predicted molar refractivity (Wildman–Crippen MR) is 74.1 cm³/mol. The summed E-state index contributed by atoms with van der Waals surface area (Å²) < 4.78 is 33.2. The first-order valence-electron chi connectivity index (χ1n) is 5.53. The van der Waals surface area contributed by atoms with Crippen molar-refractivity contribution in [1.82, 2.24) is 0 Å². The van der Waals surface area contributed by atoms with Crippen LogP contribution in [0.3, 0.4) is 0 Å². The van der Waals surface area contributed by atoms with Gasteiger partial charge in [-0.15, -0.1) is 0 Å². The molecule has 0 unspecified atom stereocenters. The van der Waals surface area contributed by atoms with Crippen LogP contribution in [0, 0.1) is 5.92 Å². The molecular weight excluding hydrogens is 320 g/mol. The maximum atomic E-state index is 11.0. The fraction of sp³-hybridized carbons (Fsp3) is 0.500. The molecule has 1 aromatic rings. The van der Waals surface area contributed by atoms with Crippen molar-refractivity contribution in [2.45, 2.75) is 20.5 Å². The molecule has 0 radical (unpaired) electrons. The van der Waals surface area contributed by atoms with Gasteiger partial charge in [0.1, 0.15) is 5.75 Å². The van der Waals surface area contributed by atoms with Crippen LogP contribution >= 0.6 is 15.9 Å². The minimum atomic E-state index is -3.45. The molecule has 0 aliphatic heterocycles. The van der Waals surface area contributed by atoms with E-state index in [2.05, 4.69) is 15.9 Å². The molecule has 0 amide bonds. The van der Waals surface area contributed by atoms with Gasteiger partial charge in [-0.3, -0.25) is 4.18 Å². The van der Waals surface area contributed by atoms with E-state index in [0.717, 1.165) is 10.7 Å². The second-order valence-electron chi connectivity index (χ2n) is 4.42. The van der Waals surface area contributed by atoms with Crippen molar-refractivity contribution in [3.63, 3.8) is 0 Å². The van der Waals surface area contributed by atoms with Gasteiger partial charge in [0.05, 0.1) is 19.5 Å². The normalized spacial score (nSPS) is 11.8. The highest BCUT2D eigenvalue weighted by atomic mass is 79.9. The number of hydrogen-bond donors (Lipinski definition) is 0. The zero-order valence-corrected chi connectivity index (χ0v) is 13.0. The topological polar surface area (TPSA) is 52.6 Å². The van der Waals surface area contributed by atoms with Crippen molar-refractivity contribution >= 4 is 26.0 Å². The third kappa shape index (κ3) is 5.84. The van der Waals surface area contributed by atoms with E-state index in [1.165, 1.54) is 0 Å². The number of halogens is 1. The lowest BCUT2D eigenvalue weighted by Crippen LogP contribution is -2.08. The van der Waals surface area contributed by atoms with Gasteiger partial charge in [0.25, 0.3) is 10.1 Å². The van der Waals surface area contributed by atoms with E-state index < -0.39 is 10.1 Å². The molecule has 0 saturated carbocycles. The third-order valence-electron chi connectivity index (χ3n) is 2.02. The fourth-order valence-corrected chi connectivity index (χ4v) is 1.98. The van der Waals surface area contributed by atoms with Gasteiger partial charge in [0, 0.05) is 10.0 Å². The van der Waals surface area contributed by atoms with Crippen LogP contribution in [0.25, 0.3) is 0 Å². The molecule has 0 spiro atoms. The summed E-state index contributed by atoms with van der Waals surface area (Å²) in [6.07, 6.45) is 1.03. The van der Waals surface area contributed by atoms with Crippen molar-refractivity contribution in [1.29, 1.82) is 0 Å². The van der Waals surface area contributed by atoms with Crippen LogP contribution in [-0.2, 0) is 20.9 Å². The molecule has 0 N–H and O–H groups in total. The molecule has 0 fully saturated rings. The molecular formula is C12H17BrO4S. The summed E-state index contributed by atoms with van der Waals surface area (Å²) in [7, 11) is -3.45. The van der Waals surface area contributed by atoms with E-state index in [9.17, 15) is 8.42 Å². The van der Waals surface area contributed by atoms with E-state index in [1.807, 2.05) is 19.9 Å². The molecule has 0 aromatic heterocycles. The SMILES string of the molecule is CC(C)COc1ccc(Br)cc1COS(C)(=O)=O. The predicted octanol–water partition coefficient (Wildman–Crippen LogP) is 2.96. The molecule has 1 aromatic carbocycles. The molecule has 0 heterocycles. The zero-order valence-electron chi connectivity index (χ0n) is 10.6. The Hall–Kier alpha value is -0.590. The van der Waals surface area contributed by atoms with Gasteiger partial charge in [-0.25, -0.2) is 0 Å². The second-order valence-corrected chi connectivity index (χ2v) is 6.98. The smallest absolute Gasteiger partial charge is 0.264 e. The Morgan fingerprint density at radius 3 is 2.56 bits per heavy atom. The minimum Gasteiger partial charge on any atom is -0.493 e. The van der Waals surface area contributed by atoms with Crippen LogP contribution in [0.4, 0.5) is 0 Å². The van der Waals surface area contributed by atoms with Crippen LogP contribution in [0.5, 0.6) is 5.75 Å². The van der Waals surface area contributed by atoms with Gasteiger partial charge in [-0.1, -0.05) is 29.8 Å². The molecule has 4 nitrogen and oxygen atoms in total. The Bertz CT molecular complexity index is 497. The monoisotopic (exact) mass is 336 g/mol. The van der Waals surface area contributed by atoms with E-state index in [1.54, 1.807) is 12.1 Å². The molecule has 0 saturated heterocycles. The van der Waals surface area contributed by atoms with Crippen molar-refractivity contribution in [3.05, 3.63) is 28.2 Å². The summed E-state index contributed by atoms with van der Waals surface area (Å²) in [5, 5.41) is 0. The van der Waals surface area contributed by atoms with Crippen LogP contribution in [-0.4, -0.2) is 21.3 Å². The van der Waals surface area contributed by atoms with Crippen molar-refractivity contribution in [3.8, 4) is 5.75 Å². The van der Waals surface area contributed by atoms with E-state index in [-0.39, 0.29) is 6.61 Å². The number of ether oxygens (including phenoxy) is 1. The van der Waals surface area contributed by atoms with Gasteiger partial charge < -0.3 is 4.74 Å². The zero-order chi connectivity index (χ0) is 13.8. The lowest BCUT2D eigenvalue weighted by Gasteiger charge is -2.13. The average Bonchev–Trinajstić information content (AvgIpc) is 2.23. The minimum absolute atomic E-state index is 0.0221. The summed E-state index contributed by atoms with van der Waals surface area (Å²) in [5.74, 6) is 1.05. The van der Waals surface area contributed by atoms with E-state index in [0.29, 0.717) is 23.8 Å². The summed E-state index contributed by atoms with van der Waals surface area (Å²) in [5.41, 5.74) is 0.704. The van der Waals surface area contributed by atoms with Crippen LogP contribution in [0.2, 0.25) is 0 Å². The van der Waals surface area contributed by atoms with Gasteiger partial charge in [0.2, 0.25) is 0 Å². The standard InChI is InChI=1S/C12H17BrO4S/c1-9(2)7-16-12-5-4-11(13)6-10(12)8-17-18(3,14)15/h4-6,9H,7-8H2,1-3H3. The summed E-state index contributed by atoms with van der Waals surface area (Å²) >= 11 is 3.34. The second kappa shape index (κ2) is 6.54. The molecule has 0 aliphatic carbocycles. The number of benzene rings is 1. The van der Waals surface area contributed by atoms with E-state index >= 15 is 0 Å². The molecule has 18 heavy (non-hydrogen) atoms. The summed E-state index contributed by atoms with van der Waals surface area (Å²) in [6.45, 7) is 4.65. The Morgan fingerprint density at radius 2 is 2.00 bits per heavy atom. The first-order valence-corrected chi connectivity index (χ1v) is 8.14. The molecule has 102 valence electrons. The molecule has 0 atom stereocenters. The highest BCUT2D eigenvalue weighted by Gasteiger charge is 2.09. The van der Waals surface area contributed by atoms with Gasteiger partial charge in [-0.05, 0) is 24.1 Å². The average molecular weight is 337 g/mol. The number of hydrogen-bond acceptors (Lipinski definition) is 4. The lowest BCUT2D eigenvalue weighted by atomic mass is 10.2. The largest absolute Gasteiger partial charge is 0.493 e. The highest BCUT2D eigenvalue weighted by Crippen LogP contribution is 2.24. The number of rotatable bonds is 6. The first-order chi connectivity index (χ1) is 8.28. The maximum Gasteiger partial charge on any atom is 0.264 e.